The molecule has 0 spiro atoms. The monoisotopic (exact) mass is 513 g/mol. The Hall–Kier alpha value is -2.84. The normalized spacial score (nSPS) is 16.7. The first kappa shape index (κ1) is 22.6. The fraction of sp³-hybridized carbons (Fsp3) is 0.129. The summed E-state index contributed by atoms with van der Waals surface area (Å²) in [6, 6.07) is 24.1. The number of aromatic nitrogens is 1. The first-order valence-corrected chi connectivity index (χ1v) is 12.9. The van der Waals surface area contributed by atoms with E-state index in [1.165, 1.54) is 27.8 Å². The minimum atomic E-state index is 0.750. The lowest BCUT2D eigenvalue weighted by atomic mass is 9.93. The Morgan fingerprint density at radius 2 is 1.00 bits per heavy atom. The summed E-state index contributed by atoms with van der Waals surface area (Å²) in [5.41, 5.74) is 11.5. The van der Waals surface area contributed by atoms with Crippen molar-refractivity contribution in [1.82, 2.24) is 4.98 Å². The lowest BCUT2D eigenvalue weighted by Crippen LogP contribution is -2.01. The van der Waals surface area contributed by atoms with Gasteiger partial charge in [-0.05, 0) is 95.0 Å². The summed E-state index contributed by atoms with van der Waals surface area (Å²) in [5, 5.41) is 2.27. The summed E-state index contributed by atoms with van der Waals surface area (Å²) >= 11 is 19.7. The summed E-state index contributed by atoms with van der Waals surface area (Å²) < 4.78 is 0. The van der Waals surface area contributed by atoms with Gasteiger partial charge >= 0.3 is 0 Å². The molecule has 3 aromatic carbocycles. The second kappa shape index (κ2) is 9.32. The van der Waals surface area contributed by atoms with Gasteiger partial charge in [0.1, 0.15) is 0 Å². The van der Waals surface area contributed by atoms with Gasteiger partial charge < -0.3 is 0 Å². The number of hydrogen-bond donors (Lipinski definition) is 0. The van der Waals surface area contributed by atoms with E-state index in [1.54, 1.807) is 0 Å². The van der Waals surface area contributed by atoms with Crippen LogP contribution in [0.1, 0.15) is 46.5 Å². The smallest absolute Gasteiger partial charge is 0.0707 e. The van der Waals surface area contributed by atoms with E-state index in [4.69, 9.17) is 39.8 Å². The molecular formula is C31H22Cl3N. The molecule has 0 radical (unpaired) electrons. The fourth-order valence-corrected chi connectivity index (χ4v) is 5.88. The Morgan fingerprint density at radius 1 is 0.543 bits per heavy atom. The highest BCUT2D eigenvalue weighted by Gasteiger charge is 2.31. The topological polar surface area (TPSA) is 12.9 Å². The van der Waals surface area contributed by atoms with Gasteiger partial charge in [-0.3, -0.25) is 0 Å². The van der Waals surface area contributed by atoms with Gasteiger partial charge in [-0.15, -0.1) is 0 Å². The molecule has 0 aliphatic heterocycles. The summed E-state index contributed by atoms with van der Waals surface area (Å²) in [5.74, 6) is 0. The molecule has 1 aromatic heterocycles. The van der Waals surface area contributed by atoms with Crippen LogP contribution < -0.4 is 0 Å². The number of benzene rings is 3. The predicted octanol–water partition coefficient (Wildman–Crippen LogP) is 9.68. The van der Waals surface area contributed by atoms with E-state index in [2.05, 4.69) is 36.4 Å². The minimum absolute atomic E-state index is 0.750. The molecule has 4 heteroatoms. The molecule has 0 amide bonds. The Morgan fingerprint density at radius 3 is 1.49 bits per heavy atom. The van der Waals surface area contributed by atoms with Gasteiger partial charge in [0, 0.05) is 20.6 Å². The average molecular weight is 515 g/mol. The van der Waals surface area contributed by atoms with E-state index in [0.29, 0.717) is 0 Å². The predicted molar refractivity (Wildman–Crippen MR) is 150 cm³/mol. The van der Waals surface area contributed by atoms with Crippen molar-refractivity contribution in [2.75, 3.05) is 0 Å². The summed E-state index contributed by atoms with van der Waals surface area (Å²) in [7, 11) is 0. The number of halogens is 3. The second-order valence-electron chi connectivity index (χ2n) is 9.00. The molecule has 0 bridgehead atoms. The first-order chi connectivity index (χ1) is 17.1. The minimum Gasteiger partial charge on any atom is -0.248 e. The van der Waals surface area contributed by atoms with Gasteiger partial charge in [-0.2, -0.15) is 0 Å². The Bertz CT molecular complexity index is 1440. The third-order valence-corrected chi connectivity index (χ3v) is 7.93. The zero-order valence-corrected chi connectivity index (χ0v) is 21.3. The Balaban J connectivity index is 1.59. The number of pyridine rings is 1. The molecule has 0 unspecified atom stereocenters. The molecule has 0 saturated carbocycles. The summed E-state index contributed by atoms with van der Waals surface area (Å²) in [6.45, 7) is 0. The van der Waals surface area contributed by atoms with Crippen LogP contribution in [0.5, 0.6) is 0 Å². The molecule has 35 heavy (non-hydrogen) atoms. The van der Waals surface area contributed by atoms with Crippen LogP contribution in [-0.4, -0.2) is 4.98 Å². The molecule has 0 fully saturated rings. The van der Waals surface area contributed by atoms with Crippen molar-refractivity contribution >= 4 is 58.1 Å². The van der Waals surface area contributed by atoms with Crippen LogP contribution >= 0.6 is 34.8 Å². The maximum Gasteiger partial charge on any atom is 0.0707 e. The van der Waals surface area contributed by atoms with E-state index in [-0.39, 0.29) is 0 Å². The number of nitrogens with zero attached hydrogens (tertiary/aromatic N) is 1. The van der Waals surface area contributed by atoms with Crippen LogP contribution in [0.2, 0.25) is 15.1 Å². The largest absolute Gasteiger partial charge is 0.248 e. The molecule has 0 atom stereocenters. The Labute approximate surface area is 220 Å². The van der Waals surface area contributed by atoms with Crippen LogP contribution in [0.4, 0.5) is 0 Å². The Kier molecular flexibility index (Phi) is 6.02. The van der Waals surface area contributed by atoms with E-state index >= 15 is 0 Å². The number of allylic oxidation sites excluding steroid dienone is 2. The van der Waals surface area contributed by atoms with Crippen molar-refractivity contribution in [2.24, 2.45) is 0 Å². The molecule has 172 valence electrons. The van der Waals surface area contributed by atoms with E-state index < -0.39 is 0 Å². The number of rotatable bonds is 3. The molecule has 0 saturated heterocycles. The maximum atomic E-state index is 6.75. The second-order valence-corrected chi connectivity index (χ2v) is 10.2. The molecule has 1 nitrogen and oxygen atoms in total. The summed E-state index contributed by atoms with van der Waals surface area (Å²) in [4.78, 5) is 5.30. The highest BCUT2D eigenvalue weighted by atomic mass is 35.5. The van der Waals surface area contributed by atoms with Crippen molar-refractivity contribution in [3.8, 4) is 11.1 Å². The molecule has 4 aromatic rings. The van der Waals surface area contributed by atoms with Crippen molar-refractivity contribution < 1.29 is 0 Å². The van der Waals surface area contributed by atoms with E-state index in [9.17, 15) is 0 Å². The van der Waals surface area contributed by atoms with E-state index in [1.807, 2.05) is 48.5 Å². The third kappa shape index (κ3) is 4.12. The lowest BCUT2D eigenvalue weighted by Gasteiger charge is -2.16. The molecule has 1 heterocycles. The fourth-order valence-electron chi connectivity index (χ4n) is 5.27. The average Bonchev–Trinajstić information content (AvgIpc) is 3.45. The standard InChI is InChI=1S/C31H22Cl3N/c32-26-10-4-1-7-19(26)17-21-13-15-24-29(23-9-3-6-12-28(23)34)25-16-14-22(31(25)35-30(21)24)18-20-8-2-5-11-27(20)33/h1-12,17-18H,13-16H2. The van der Waals surface area contributed by atoms with Gasteiger partial charge in [0.2, 0.25) is 0 Å². The maximum absolute atomic E-state index is 6.75. The van der Waals surface area contributed by atoms with Crippen LogP contribution in [0.3, 0.4) is 0 Å². The first-order valence-electron chi connectivity index (χ1n) is 11.8. The van der Waals surface area contributed by atoms with Gasteiger partial charge in [0.05, 0.1) is 11.4 Å². The van der Waals surface area contributed by atoms with Crippen molar-refractivity contribution in [2.45, 2.75) is 25.7 Å². The van der Waals surface area contributed by atoms with Gasteiger partial charge in [-0.25, -0.2) is 4.98 Å². The molecule has 6 rings (SSSR count). The SMILES string of the molecule is Clc1ccccc1C=C1CCc2c1nc1c(c2-c2ccccc2Cl)CCC1=Cc1ccccc1Cl. The third-order valence-electron chi connectivity index (χ3n) is 6.91. The quantitative estimate of drug-likeness (QED) is 0.265. The van der Waals surface area contributed by atoms with Gasteiger partial charge in [0.25, 0.3) is 0 Å². The van der Waals surface area contributed by atoms with Crippen molar-refractivity contribution in [1.29, 1.82) is 0 Å². The van der Waals surface area contributed by atoms with Crippen LogP contribution in [0.15, 0.2) is 72.8 Å². The highest BCUT2D eigenvalue weighted by Crippen LogP contribution is 2.47. The molecular weight excluding hydrogens is 493 g/mol. The van der Waals surface area contributed by atoms with Crippen molar-refractivity contribution in [3.63, 3.8) is 0 Å². The van der Waals surface area contributed by atoms with Crippen LogP contribution in [0, 0.1) is 0 Å². The highest BCUT2D eigenvalue weighted by molar-refractivity contribution is 6.33. The number of hydrogen-bond acceptors (Lipinski definition) is 1. The molecule has 2 aliphatic carbocycles. The summed E-state index contributed by atoms with van der Waals surface area (Å²) in [6.07, 6.45) is 8.12. The van der Waals surface area contributed by atoms with Crippen molar-refractivity contribution in [3.05, 3.63) is 122 Å². The number of fused-ring (bicyclic) bond motifs is 2. The van der Waals surface area contributed by atoms with Gasteiger partial charge in [-0.1, -0.05) is 89.4 Å². The zero-order valence-electron chi connectivity index (χ0n) is 19.0. The van der Waals surface area contributed by atoms with Gasteiger partial charge in [0.15, 0.2) is 0 Å². The van der Waals surface area contributed by atoms with Crippen LogP contribution in [-0.2, 0) is 12.8 Å². The molecule has 0 N–H and O–H groups in total. The van der Waals surface area contributed by atoms with Crippen LogP contribution in [0.25, 0.3) is 34.4 Å². The van der Waals surface area contributed by atoms with E-state index in [0.717, 1.165) is 68.8 Å². The molecule has 2 aliphatic rings. The lowest BCUT2D eigenvalue weighted by molar-refractivity contribution is 1.05. The zero-order chi connectivity index (χ0) is 23.9.